The number of hydrogen-bond acceptors (Lipinski definition) is 0. The predicted octanol–water partition coefficient (Wildman–Crippen LogP) is 5.06. The first-order valence-electron chi connectivity index (χ1n) is 6.73. The molecule has 0 atom stereocenters. The highest BCUT2D eigenvalue weighted by Crippen LogP contribution is 2.21. The Morgan fingerprint density at radius 1 is 1.00 bits per heavy atom. The van der Waals surface area contributed by atoms with Crippen molar-refractivity contribution in [3.8, 4) is 0 Å². The van der Waals surface area contributed by atoms with Crippen LogP contribution in [0.5, 0.6) is 0 Å². The van der Waals surface area contributed by atoms with Crippen molar-refractivity contribution >= 4 is 0 Å². The van der Waals surface area contributed by atoms with Gasteiger partial charge in [0, 0.05) is 0 Å². The zero-order chi connectivity index (χ0) is 12.0. The minimum Gasteiger partial charge on any atom is -0.0654 e. The van der Waals surface area contributed by atoms with Gasteiger partial charge >= 0.3 is 0 Å². The Labute approximate surface area is 101 Å². The maximum Gasteiger partial charge on any atom is -0.0248 e. The standard InChI is InChI=1S/C16H26/c1-5-7-15(8-6-2)12-16-10-9-13(3)11-14(16)4/h9-11,15H,5-8,12H2,1-4H3. The molecule has 0 spiro atoms. The van der Waals surface area contributed by atoms with E-state index in [1.54, 1.807) is 5.56 Å². The van der Waals surface area contributed by atoms with E-state index in [0.29, 0.717) is 0 Å². The number of hydrogen-bond donors (Lipinski definition) is 0. The molecule has 0 radical (unpaired) electrons. The molecular weight excluding hydrogens is 192 g/mol. The van der Waals surface area contributed by atoms with Crippen LogP contribution in [0, 0.1) is 19.8 Å². The highest BCUT2D eigenvalue weighted by Gasteiger charge is 2.09. The molecule has 0 saturated carbocycles. The summed E-state index contributed by atoms with van der Waals surface area (Å²) in [5, 5.41) is 0. The van der Waals surface area contributed by atoms with Crippen LogP contribution in [0.3, 0.4) is 0 Å². The number of benzene rings is 1. The van der Waals surface area contributed by atoms with Crippen molar-refractivity contribution in [2.45, 2.75) is 59.8 Å². The fourth-order valence-electron chi connectivity index (χ4n) is 2.55. The molecule has 0 N–H and O–H groups in total. The van der Waals surface area contributed by atoms with Crippen molar-refractivity contribution in [1.29, 1.82) is 0 Å². The quantitative estimate of drug-likeness (QED) is 0.626. The van der Waals surface area contributed by atoms with Crippen LogP contribution in [0.2, 0.25) is 0 Å². The Morgan fingerprint density at radius 3 is 2.12 bits per heavy atom. The Kier molecular flexibility index (Phi) is 5.59. The van der Waals surface area contributed by atoms with Crippen LogP contribution in [-0.2, 0) is 6.42 Å². The van der Waals surface area contributed by atoms with Crippen molar-refractivity contribution in [3.05, 3.63) is 34.9 Å². The molecule has 0 aromatic heterocycles. The van der Waals surface area contributed by atoms with E-state index in [9.17, 15) is 0 Å². The van der Waals surface area contributed by atoms with Gasteiger partial charge in [0.15, 0.2) is 0 Å². The SMILES string of the molecule is CCCC(CCC)Cc1ccc(C)cc1C. The summed E-state index contributed by atoms with van der Waals surface area (Å²) in [6, 6.07) is 6.88. The zero-order valence-corrected chi connectivity index (χ0v) is 11.3. The first-order chi connectivity index (χ1) is 7.67. The van der Waals surface area contributed by atoms with Gasteiger partial charge in [0.2, 0.25) is 0 Å². The van der Waals surface area contributed by atoms with Gasteiger partial charge < -0.3 is 0 Å². The van der Waals surface area contributed by atoms with E-state index in [1.807, 2.05) is 0 Å². The van der Waals surface area contributed by atoms with Crippen LogP contribution in [0.15, 0.2) is 18.2 Å². The summed E-state index contributed by atoms with van der Waals surface area (Å²) in [5.74, 6) is 0.886. The van der Waals surface area contributed by atoms with Gasteiger partial charge in [-0.3, -0.25) is 0 Å². The second-order valence-electron chi connectivity index (χ2n) is 5.08. The molecule has 0 heteroatoms. The largest absolute Gasteiger partial charge is 0.0654 e. The molecule has 1 aromatic rings. The fraction of sp³-hybridized carbons (Fsp3) is 0.625. The van der Waals surface area contributed by atoms with Gasteiger partial charge in [-0.1, -0.05) is 63.3 Å². The average Bonchev–Trinajstić information content (AvgIpc) is 2.23. The normalized spacial score (nSPS) is 11.1. The summed E-state index contributed by atoms with van der Waals surface area (Å²) in [5.41, 5.74) is 4.40. The van der Waals surface area contributed by atoms with Crippen LogP contribution in [-0.4, -0.2) is 0 Å². The molecule has 16 heavy (non-hydrogen) atoms. The molecule has 0 aliphatic rings. The van der Waals surface area contributed by atoms with E-state index in [0.717, 1.165) is 5.92 Å². The summed E-state index contributed by atoms with van der Waals surface area (Å²) < 4.78 is 0. The van der Waals surface area contributed by atoms with Gasteiger partial charge in [-0.15, -0.1) is 0 Å². The van der Waals surface area contributed by atoms with Gasteiger partial charge in [0.05, 0.1) is 0 Å². The summed E-state index contributed by atoms with van der Waals surface area (Å²) >= 11 is 0. The average molecular weight is 218 g/mol. The van der Waals surface area contributed by atoms with Crippen molar-refractivity contribution < 1.29 is 0 Å². The van der Waals surface area contributed by atoms with Crippen LogP contribution >= 0.6 is 0 Å². The second kappa shape index (κ2) is 6.73. The fourth-order valence-corrected chi connectivity index (χ4v) is 2.55. The second-order valence-corrected chi connectivity index (χ2v) is 5.08. The molecule has 0 bridgehead atoms. The summed E-state index contributed by atoms with van der Waals surface area (Å²) in [4.78, 5) is 0. The molecule has 0 heterocycles. The van der Waals surface area contributed by atoms with Crippen molar-refractivity contribution in [2.75, 3.05) is 0 Å². The van der Waals surface area contributed by atoms with Crippen LogP contribution in [0.25, 0.3) is 0 Å². The minimum atomic E-state index is 0.886. The zero-order valence-electron chi connectivity index (χ0n) is 11.3. The monoisotopic (exact) mass is 218 g/mol. The Hall–Kier alpha value is -0.780. The third kappa shape index (κ3) is 4.00. The lowest BCUT2D eigenvalue weighted by Crippen LogP contribution is -2.05. The van der Waals surface area contributed by atoms with Crippen molar-refractivity contribution in [3.63, 3.8) is 0 Å². The first kappa shape index (κ1) is 13.3. The lowest BCUT2D eigenvalue weighted by atomic mass is 9.89. The van der Waals surface area contributed by atoms with Crippen LogP contribution in [0.1, 0.15) is 56.2 Å². The van der Waals surface area contributed by atoms with Crippen LogP contribution in [0.4, 0.5) is 0 Å². The molecule has 90 valence electrons. The third-order valence-corrected chi connectivity index (χ3v) is 3.40. The number of rotatable bonds is 6. The van der Waals surface area contributed by atoms with Gasteiger partial charge in [-0.25, -0.2) is 0 Å². The lowest BCUT2D eigenvalue weighted by Gasteiger charge is -2.17. The minimum absolute atomic E-state index is 0.886. The Morgan fingerprint density at radius 2 is 1.62 bits per heavy atom. The molecule has 1 aromatic carbocycles. The Balaban J connectivity index is 2.68. The van der Waals surface area contributed by atoms with E-state index in [4.69, 9.17) is 0 Å². The van der Waals surface area contributed by atoms with E-state index >= 15 is 0 Å². The summed E-state index contributed by atoms with van der Waals surface area (Å²) in [7, 11) is 0. The van der Waals surface area contributed by atoms with E-state index < -0.39 is 0 Å². The van der Waals surface area contributed by atoms with Crippen LogP contribution < -0.4 is 0 Å². The highest BCUT2D eigenvalue weighted by atomic mass is 14.1. The molecule has 0 amide bonds. The number of aryl methyl sites for hydroxylation is 2. The molecule has 0 unspecified atom stereocenters. The van der Waals surface area contributed by atoms with Gasteiger partial charge in [-0.2, -0.15) is 0 Å². The first-order valence-corrected chi connectivity index (χ1v) is 6.73. The third-order valence-electron chi connectivity index (χ3n) is 3.40. The summed E-state index contributed by atoms with van der Waals surface area (Å²) in [6.07, 6.45) is 6.65. The maximum absolute atomic E-state index is 2.32. The van der Waals surface area contributed by atoms with E-state index in [1.165, 1.54) is 43.2 Å². The molecule has 0 saturated heterocycles. The molecule has 1 rings (SSSR count). The van der Waals surface area contributed by atoms with Gasteiger partial charge in [-0.05, 0) is 37.3 Å². The highest BCUT2D eigenvalue weighted by molar-refractivity contribution is 5.30. The van der Waals surface area contributed by atoms with Gasteiger partial charge in [0.25, 0.3) is 0 Å². The molecule has 0 aliphatic carbocycles. The molecular formula is C16H26. The van der Waals surface area contributed by atoms with E-state index in [2.05, 4.69) is 45.9 Å². The van der Waals surface area contributed by atoms with Crippen molar-refractivity contribution in [2.24, 2.45) is 5.92 Å². The molecule has 0 fully saturated rings. The smallest absolute Gasteiger partial charge is 0.0248 e. The lowest BCUT2D eigenvalue weighted by molar-refractivity contribution is 0.437. The molecule has 0 aliphatic heterocycles. The maximum atomic E-state index is 2.32. The molecule has 0 nitrogen and oxygen atoms in total. The van der Waals surface area contributed by atoms with Gasteiger partial charge in [0.1, 0.15) is 0 Å². The van der Waals surface area contributed by atoms with Crippen molar-refractivity contribution in [1.82, 2.24) is 0 Å². The van der Waals surface area contributed by atoms with E-state index in [-0.39, 0.29) is 0 Å². The topological polar surface area (TPSA) is 0 Å². The predicted molar refractivity (Wildman–Crippen MR) is 72.9 cm³/mol. The summed E-state index contributed by atoms with van der Waals surface area (Å²) in [6.45, 7) is 9.01. The Bertz CT molecular complexity index is 306.